The monoisotopic (exact) mass is 246 g/mol. The van der Waals surface area contributed by atoms with E-state index in [2.05, 4.69) is 5.10 Å². The van der Waals surface area contributed by atoms with Crippen LogP contribution in [-0.2, 0) is 11.5 Å². The molecule has 0 aromatic carbocycles. The standard InChI is InChI=1S/C6H8N4O5.C2H6/c1-2-15-4-8-6(10(13)14)3-5(7-8)9(11)12;1-2/h3H,2,4H2,1H3;1-2H3. The molecule has 9 heteroatoms. The molecule has 0 N–H and O–H groups in total. The molecule has 0 fully saturated rings. The highest BCUT2D eigenvalue weighted by molar-refractivity contribution is 5.31. The van der Waals surface area contributed by atoms with E-state index < -0.39 is 21.5 Å². The number of nitrogens with zero attached hydrogens (tertiary/aromatic N) is 4. The smallest absolute Gasteiger partial charge is 0.358 e. The van der Waals surface area contributed by atoms with Crippen LogP contribution < -0.4 is 0 Å². The summed E-state index contributed by atoms with van der Waals surface area (Å²) < 4.78 is 5.71. The minimum Gasteiger partial charge on any atom is -0.358 e. The predicted molar refractivity (Wildman–Crippen MR) is 58.5 cm³/mol. The predicted octanol–water partition coefficient (Wildman–Crippen LogP) is 1.72. The van der Waals surface area contributed by atoms with E-state index >= 15 is 0 Å². The summed E-state index contributed by atoms with van der Waals surface area (Å²) in [4.78, 5) is 19.3. The number of aromatic nitrogens is 2. The van der Waals surface area contributed by atoms with Crippen molar-refractivity contribution >= 4 is 11.6 Å². The Kier molecular flexibility index (Phi) is 6.41. The second-order valence-corrected chi connectivity index (χ2v) is 2.50. The summed E-state index contributed by atoms with van der Waals surface area (Å²) in [7, 11) is 0. The molecule has 0 bridgehead atoms. The summed E-state index contributed by atoms with van der Waals surface area (Å²) >= 11 is 0. The lowest BCUT2D eigenvalue weighted by Crippen LogP contribution is -2.07. The molecule has 1 heterocycles. The van der Waals surface area contributed by atoms with E-state index in [9.17, 15) is 20.2 Å². The SMILES string of the molecule is CC.CCOCn1nc([N+](=O)[O-])cc1[N+](=O)[O-]. The Labute approximate surface area is 97.3 Å². The normalized spacial score (nSPS) is 9.35. The molecule has 17 heavy (non-hydrogen) atoms. The molecule has 0 atom stereocenters. The number of hydrogen-bond acceptors (Lipinski definition) is 6. The molecule has 0 saturated carbocycles. The third kappa shape index (κ3) is 4.15. The van der Waals surface area contributed by atoms with Crippen LogP contribution in [0, 0.1) is 20.2 Å². The minimum atomic E-state index is -0.796. The van der Waals surface area contributed by atoms with E-state index in [1.54, 1.807) is 6.92 Å². The lowest BCUT2D eigenvalue weighted by Gasteiger charge is -1.94. The molecular weight excluding hydrogens is 232 g/mol. The lowest BCUT2D eigenvalue weighted by atomic mass is 10.6. The quantitative estimate of drug-likeness (QED) is 0.577. The molecule has 0 saturated heterocycles. The fourth-order valence-corrected chi connectivity index (χ4v) is 0.903. The molecule has 0 radical (unpaired) electrons. The topological polar surface area (TPSA) is 113 Å². The number of rotatable bonds is 5. The zero-order valence-corrected chi connectivity index (χ0v) is 9.82. The molecule has 9 nitrogen and oxygen atoms in total. The van der Waals surface area contributed by atoms with Gasteiger partial charge < -0.3 is 25.0 Å². The maximum atomic E-state index is 10.5. The van der Waals surface area contributed by atoms with Gasteiger partial charge in [-0.15, -0.1) is 0 Å². The molecule has 1 aromatic heterocycles. The van der Waals surface area contributed by atoms with E-state index in [0.717, 1.165) is 10.7 Å². The minimum absolute atomic E-state index is 0.180. The van der Waals surface area contributed by atoms with E-state index in [-0.39, 0.29) is 6.73 Å². The van der Waals surface area contributed by atoms with Gasteiger partial charge in [-0.1, -0.05) is 13.8 Å². The fraction of sp³-hybridized carbons (Fsp3) is 0.625. The third-order valence-electron chi connectivity index (χ3n) is 1.54. The largest absolute Gasteiger partial charge is 0.420 e. The van der Waals surface area contributed by atoms with Gasteiger partial charge in [0, 0.05) is 6.61 Å². The van der Waals surface area contributed by atoms with Crippen LogP contribution in [0.5, 0.6) is 0 Å². The number of hydrogen-bond donors (Lipinski definition) is 0. The van der Waals surface area contributed by atoms with Crippen LogP contribution in [0.15, 0.2) is 6.07 Å². The fourth-order valence-electron chi connectivity index (χ4n) is 0.903. The summed E-state index contributed by atoms with van der Waals surface area (Å²) in [6, 6.07) is 0.791. The average molecular weight is 246 g/mol. The van der Waals surface area contributed by atoms with E-state index in [1.165, 1.54) is 0 Å². The van der Waals surface area contributed by atoms with Gasteiger partial charge in [0.05, 0.1) is 0 Å². The molecule has 0 aliphatic carbocycles. The van der Waals surface area contributed by atoms with Crippen molar-refractivity contribution in [1.29, 1.82) is 0 Å². The Balaban J connectivity index is 0.00000121. The molecule has 1 aromatic rings. The van der Waals surface area contributed by atoms with Gasteiger partial charge in [-0.3, -0.25) is 0 Å². The van der Waals surface area contributed by atoms with Crippen LogP contribution in [0.25, 0.3) is 0 Å². The Morgan fingerprint density at radius 2 is 1.94 bits per heavy atom. The summed E-state index contributed by atoms with van der Waals surface area (Å²) in [5, 5.41) is 24.2. The van der Waals surface area contributed by atoms with Gasteiger partial charge in [0.2, 0.25) is 6.73 Å². The summed E-state index contributed by atoms with van der Waals surface area (Å²) in [5.74, 6) is -1.03. The van der Waals surface area contributed by atoms with Gasteiger partial charge >= 0.3 is 11.6 Å². The van der Waals surface area contributed by atoms with Crippen molar-refractivity contribution in [3.05, 3.63) is 26.3 Å². The Hall–Kier alpha value is -2.03. The molecular formula is C8H14N4O5. The van der Waals surface area contributed by atoms with Crippen molar-refractivity contribution in [1.82, 2.24) is 9.78 Å². The van der Waals surface area contributed by atoms with Gasteiger partial charge in [0.15, 0.2) is 5.10 Å². The van der Waals surface area contributed by atoms with E-state index in [4.69, 9.17) is 4.74 Å². The molecule has 0 amide bonds. The first-order valence-electron chi connectivity index (χ1n) is 5.00. The van der Waals surface area contributed by atoms with Crippen molar-refractivity contribution in [3.63, 3.8) is 0 Å². The zero-order valence-electron chi connectivity index (χ0n) is 9.82. The highest BCUT2D eigenvalue weighted by Gasteiger charge is 2.27. The molecule has 0 spiro atoms. The summed E-state index contributed by atoms with van der Waals surface area (Å²) in [6.45, 7) is 5.86. The van der Waals surface area contributed by atoms with Gasteiger partial charge in [0.25, 0.3) is 0 Å². The average Bonchev–Trinajstić information content (AvgIpc) is 2.73. The first-order chi connectivity index (χ1) is 8.06. The molecule has 0 aliphatic rings. The van der Waals surface area contributed by atoms with Crippen LogP contribution in [-0.4, -0.2) is 26.2 Å². The van der Waals surface area contributed by atoms with E-state index in [1.807, 2.05) is 13.8 Å². The van der Waals surface area contributed by atoms with E-state index in [0.29, 0.717) is 6.61 Å². The van der Waals surface area contributed by atoms with Crippen LogP contribution >= 0.6 is 0 Å². The van der Waals surface area contributed by atoms with Gasteiger partial charge in [-0.25, -0.2) is 0 Å². The second kappa shape index (κ2) is 7.28. The summed E-state index contributed by atoms with van der Waals surface area (Å²) in [5.41, 5.74) is 0. The maximum absolute atomic E-state index is 10.5. The van der Waals surface area contributed by atoms with Crippen LogP contribution in [0.4, 0.5) is 11.6 Å². The van der Waals surface area contributed by atoms with Crippen molar-refractivity contribution in [2.45, 2.75) is 27.5 Å². The summed E-state index contributed by atoms with van der Waals surface area (Å²) in [6.07, 6.45) is 0. The second-order valence-electron chi connectivity index (χ2n) is 2.50. The van der Waals surface area contributed by atoms with Crippen LogP contribution in [0.1, 0.15) is 20.8 Å². The van der Waals surface area contributed by atoms with Crippen molar-refractivity contribution < 1.29 is 14.6 Å². The number of ether oxygens (including phenoxy) is 1. The highest BCUT2D eigenvalue weighted by Crippen LogP contribution is 2.18. The first kappa shape index (κ1) is 15.0. The Morgan fingerprint density at radius 1 is 1.35 bits per heavy atom. The Bertz CT molecular complexity index is 389. The van der Waals surface area contributed by atoms with Crippen molar-refractivity contribution in [2.24, 2.45) is 0 Å². The van der Waals surface area contributed by atoms with Gasteiger partial charge in [-0.05, 0) is 21.5 Å². The van der Waals surface area contributed by atoms with Crippen molar-refractivity contribution in [2.75, 3.05) is 6.61 Å². The molecule has 0 aliphatic heterocycles. The van der Waals surface area contributed by atoms with Crippen molar-refractivity contribution in [3.8, 4) is 0 Å². The maximum Gasteiger partial charge on any atom is 0.420 e. The third-order valence-corrected chi connectivity index (χ3v) is 1.54. The molecule has 0 unspecified atom stereocenters. The molecule has 1 rings (SSSR count). The number of nitro groups is 2. The molecule has 96 valence electrons. The van der Waals surface area contributed by atoms with Crippen LogP contribution in [0.3, 0.4) is 0 Å². The lowest BCUT2D eigenvalue weighted by molar-refractivity contribution is -0.395. The van der Waals surface area contributed by atoms with Gasteiger partial charge in [-0.2, -0.15) is 0 Å². The zero-order chi connectivity index (χ0) is 13.4. The highest BCUT2D eigenvalue weighted by atomic mass is 16.6. The van der Waals surface area contributed by atoms with Gasteiger partial charge in [0.1, 0.15) is 6.07 Å². The van der Waals surface area contributed by atoms with Crippen LogP contribution in [0.2, 0.25) is 0 Å². The Morgan fingerprint density at radius 3 is 2.35 bits per heavy atom. The first-order valence-corrected chi connectivity index (χ1v) is 5.00.